The molecule has 0 spiro atoms. The van der Waals surface area contributed by atoms with Gasteiger partial charge in [0.25, 0.3) is 0 Å². The number of hydrogen-bond acceptors (Lipinski definition) is 3. The molecule has 1 saturated heterocycles. The van der Waals surface area contributed by atoms with Crippen LogP contribution in [0.15, 0.2) is 18.2 Å². The second-order valence-corrected chi connectivity index (χ2v) is 7.34. The lowest BCUT2D eigenvalue weighted by atomic mass is 10.0. The number of nitrogens with one attached hydrogen (secondary N) is 1. The maximum absolute atomic E-state index is 12.5. The number of rotatable bonds is 5. The summed E-state index contributed by atoms with van der Waals surface area (Å²) >= 11 is 0. The third-order valence-electron chi connectivity index (χ3n) is 4.26. The molecule has 0 saturated carbocycles. The Bertz CT molecular complexity index is 489. The number of aryl methyl sites for hydroxylation is 2. The zero-order valence-corrected chi connectivity index (χ0v) is 13.6. The first kappa shape index (κ1) is 15.7. The van der Waals surface area contributed by atoms with Gasteiger partial charge in [-0.1, -0.05) is 18.2 Å². The third-order valence-corrected chi connectivity index (χ3v) is 6.21. The highest BCUT2D eigenvalue weighted by Gasteiger charge is 2.30. The topological polar surface area (TPSA) is 38.3 Å². The molecule has 1 aliphatic heterocycles. The minimum absolute atomic E-state index is 0.119. The first-order chi connectivity index (χ1) is 9.52. The Hall–Kier alpha value is -0.710. The van der Waals surface area contributed by atoms with Crippen LogP contribution >= 0.6 is 0 Å². The molecule has 20 heavy (non-hydrogen) atoms. The average Bonchev–Trinajstić information content (AvgIpc) is 2.85. The van der Waals surface area contributed by atoms with Crippen molar-refractivity contribution in [2.45, 2.75) is 44.6 Å². The summed E-state index contributed by atoms with van der Waals surface area (Å²) in [5.74, 6) is 0.650. The molecular weight excluding hydrogens is 270 g/mol. The summed E-state index contributed by atoms with van der Waals surface area (Å²) in [6, 6.07) is 6.61. The monoisotopic (exact) mass is 295 g/mol. The summed E-state index contributed by atoms with van der Waals surface area (Å²) < 4.78 is 18.1. The third kappa shape index (κ3) is 3.48. The summed E-state index contributed by atoms with van der Waals surface area (Å²) in [5, 5.41) is 3.48. The van der Waals surface area contributed by atoms with E-state index < -0.39 is 10.8 Å². The fraction of sp³-hybridized carbons (Fsp3) is 0.625. The van der Waals surface area contributed by atoms with Crippen molar-refractivity contribution in [2.75, 3.05) is 19.4 Å². The summed E-state index contributed by atoms with van der Waals surface area (Å²) in [4.78, 5) is 0. The molecular formula is C16H25NO2S. The van der Waals surface area contributed by atoms with Gasteiger partial charge < -0.3 is 10.1 Å². The molecule has 1 heterocycles. The molecule has 1 N–H and O–H groups in total. The molecule has 1 fully saturated rings. The normalized spacial score (nSPS) is 25.6. The predicted octanol–water partition coefficient (Wildman–Crippen LogP) is 2.49. The molecule has 1 aromatic carbocycles. The smallest absolute Gasteiger partial charge is 0.0691 e. The number of hydrogen-bond donors (Lipinski definition) is 1. The van der Waals surface area contributed by atoms with Gasteiger partial charge in [-0.05, 0) is 50.9 Å². The zero-order valence-electron chi connectivity index (χ0n) is 12.8. The van der Waals surface area contributed by atoms with Gasteiger partial charge in [0.1, 0.15) is 0 Å². The Morgan fingerprint density at radius 1 is 1.40 bits per heavy atom. The van der Waals surface area contributed by atoms with E-state index in [1.807, 2.05) is 14.0 Å². The lowest BCUT2D eigenvalue weighted by Crippen LogP contribution is -2.31. The summed E-state index contributed by atoms with van der Waals surface area (Å²) in [7, 11) is 1.08. The Balaban J connectivity index is 2.08. The SMILES string of the molecule is CNC(CS(=O)C1CCOC1C)c1ccc(C)c(C)c1. The van der Waals surface area contributed by atoms with Gasteiger partial charge in [0.15, 0.2) is 0 Å². The van der Waals surface area contributed by atoms with Crippen molar-refractivity contribution in [2.24, 2.45) is 0 Å². The molecule has 1 aliphatic rings. The van der Waals surface area contributed by atoms with Crippen LogP contribution in [0.2, 0.25) is 0 Å². The van der Waals surface area contributed by atoms with E-state index >= 15 is 0 Å². The zero-order chi connectivity index (χ0) is 14.7. The molecule has 0 bridgehead atoms. The molecule has 4 atom stereocenters. The quantitative estimate of drug-likeness (QED) is 0.907. The Morgan fingerprint density at radius 3 is 2.70 bits per heavy atom. The van der Waals surface area contributed by atoms with Gasteiger partial charge in [-0.15, -0.1) is 0 Å². The highest BCUT2D eigenvalue weighted by molar-refractivity contribution is 7.85. The van der Waals surface area contributed by atoms with Crippen molar-refractivity contribution < 1.29 is 8.95 Å². The summed E-state index contributed by atoms with van der Waals surface area (Å²) in [5.41, 5.74) is 3.80. The van der Waals surface area contributed by atoms with Gasteiger partial charge in [0.05, 0.1) is 11.4 Å². The fourth-order valence-corrected chi connectivity index (χ4v) is 4.47. The molecule has 1 aromatic rings. The Kier molecular flexibility index (Phi) is 5.35. The minimum atomic E-state index is -0.855. The second kappa shape index (κ2) is 6.83. The van der Waals surface area contributed by atoms with Crippen LogP contribution in [0.5, 0.6) is 0 Å². The van der Waals surface area contributed by atoms with Crippen molar-refractivity contribution in [1.29, 1.82) is 0 Å². The van der Waals surface area contributed by atoms with E-state index in [-0.39, 0.29) is 17.4 Å². The van der Waals surface area contributed by atoms with E-state index in [9.17, 15) is 4.21 Å². The largest absolute Gasteiger partial charge is 0.377 e. The first-order valence-corrected chi connectivity index (χ1v) is 8.64. The molecule has 112 valence electrons. The van der Waals surface area contributed by atoms with Crippen LogP contribution in [0.4, 0.5) is 0 Å². The van der Waals surface area contributed by atoms with E-state index in [1.54, 1.807) is 0 Å². The summed E-state index contributed by atoms with van der Waals surface area (Å²) in [6.45, 7) is 7.00. The standard InChI is InChI=1S/C16H25NO2S/c1-11-5-6-14(9-12(11)2)15(17-4)10-20(18)16-7-8-19-13(16)3/h5-6,9,13,15-17H,7-8,10H2,1-4H3. The van der Waals surface area contributed by atoms with Crippen LogP contribution in [0.25, 0.3) is 0 Å². The molecule has 0 aliphatic carbocycles. The molecule has 0 aromatic heterocycles. The molecule has 0 amide bonds. The molecule has 2 rings (SSSR count). The van der Waals surface area contributed by atoms with E-state index in [4.69, 9.17) is 4.74 Å². The second-order valence-electron chi connectivity index (χ2n) is 5.64. The average molecular weight is 295 g/mol. The van der Waals surface area contributed by atoms with Gasteiger partial charge in [-0.2, -0.15) is 0 Å². The van der Waals surface area contributed by atoms with Crippen LogP contribution in [0.3, 0.4) is 0 Å². The van der Waals surface area contributed by atoms with Crippen LogP contribution in [-0.2, 0) is 15.5 Å². The van der Waals surface area contributed by atoms with Gasteiger partial charge in [-0.3, -0.25) is 4.21 Å². The Labute approximate surface area is 124 Å². The lowest BCUT2D eigenvalue weighted by molar-refractivity contribution is 0.127. The fourth-order valence-electron chi connectivity index (χ4n) is 2.67. The van der Waals surface area contributed by atoms with Crippen LogP contribution in [0.1, 0.15) is 36.1 Å². The van der Waals surface area contributed by atoms with Gasteiger partial charge in [0.2, 0.25) is 0 Å². The first-order valence-electron chi connectivity index (χ1n) is 7.26. The van der Waals surface area contributed by atoms with E-state index in [1.165, 1.54) is 16.7 Å². The van der Waals surface area contributed by atoms with Crippen molar-refractivity contribution >= 4 is 10.8 Å². The maximum atomic E-state index is 12.5. The van der Waals surface area contributed by atoms with Crippen LogP contribution < -0.4 is 5.32 Å². The highest BCUT2D eigenvalue weighted by atomic mass is 32.2. The van der Waals surface area contributed by atoms with Gasteiger partial charge in [-0.25, -0.2) is 0 Å². The van der Waals surface area contributed by atoms with E-state index in [2.05, 4.69) is 37.4 Å². The lowest BCUT2D eigenvalue weighted by Gasteiger charge is -2.21. The highest BCUT2D eigenvalue weighted by Crippen LogP contribution is 2.23. The van der Waals surface area contributed by atoms with Gasteiger partial charge in [0, 0.05) is 29.2 Å². The molecule has 4 unspecified atom stereocenters. The van der Waals surface area contributed by atoms with Crippen molar-refractivity contribution in [3.8, 4) is 0 Å². The molecule has 3 nitrogen and oxygen atoms in total. The van der Waals surface area contributed by atoms with Gasteiger partial charge >= 0.3 is 0 Å². The van der Waals surface area contributed by atoms with Crippen LogP contribution in [-0.4, -0.2) is 35.0 Å². The van der Waals surface area contributed by atoms with Crippen molar-refractivity contribution in [3.05, 3.63) is 34.9 Å². The minimum Gasteiger partial charge on any atom is -0.377 e. The van der Waals surface area contributed by atoms with E-state index in [0.717, 1.165) is 13.0 Å². The number of benzene rings is 1. The predicted molar refractivity (Wildman–Crippen MR) is 84.5 cm³/mol. The van der Waals surface area contributed by atoms with Crippen LogP contribution in [0, 0.1) is 13.8 Å². The van der Waals surface area contributed by atoms with Crippen molar-refractivity contribution in [3.63, 3.8) is 0 Å². The van der Waals surface area contributed by atoms with Crippen molar-refractivity contribution in [1.82, 2.24) is 5.32 Å². The molecule has 0 radical (unpaired) electrons. The maximum Gasteiger partial charge on any atom is 0.0691 e. The van der Waals surface area contributed by atoms with E-state index in [0.29, 0.717) is 5.75 Å². The Morgan fingerprint density at radius 2 is 2.15 bits per heavy atom. The molecule has 4 heteroatoms. The number of ether oxygens (including phenoxy) is 1. The summed E-state index contributed by atoms with van der Waals surface area (Å²) in [6.07, 6.45) is 1.03.